The summed E-state index contributed by atoms with van der Waals surface area (Å²) < 4.78 is 0. The van der Waals surface area contributed by atoms with Crippen molar-refractivity contribution in [1.29, 1.82) is 0 Å². The normalized spacial score (nSPS) is 35.5. The summed E-state index contributed by atoms with van der Waals surface area (Å²) in [4.78, 5) is 2.76. The van der Waals surface area contributed by atoms with Crippen LogP contribution < -0.4 is 5.32 Å². The maximum Gasteiger partial charge on any atom is 0.0221 e. The van der Waals surface area contributed by atoms with Crippen LogP contribution in [0.1, 0.15) is 36.8 Å². The maximum absolute atomic E-state index is 3.60. The lowest BCUT2D eigenvalue weighted by atomic mass is 9.91. The molecule has 0 radical (unpaired) electrons. The molecule has 0 aromatic heterocycles. The van der Waals surface area contributed by atoms with E-state index in [-0.39, 0.29) is 0 Å². The number of fused-ring (bicyclic) bond motifs is 3. The van der Waals surface area contributed by atoms with Crippen LogP contribution in [0.15, 0.2) is 24.3 Å². The second kappa shape index (κ2) is 5.73. The Kier molecular flexibility index (Phi) is 3.76. The number of benzene rings is 1. The molecule has 4 rings (SSSR count). The van der Waals surface area contributed by atoms with Crippen LogP contribution in [0.2, 0.25) is 0 Å². The third kappa shape index (κ3) is 2.53. The van der Waals surface area contributed by atoms with E-state index in [1.54, 1.807) is 11.1 Å². The van der Waals surface area contributed by atoms with Crippen molar-refractivity contribution in [2.24, 2.45) is 11.8 Å². The van der Waals surface area contributed by atoms with Gasteiger partial charge in [0.25, 0.3) is 0 Å². The summed E-state index contributed by atoms with van der Waals surface area (Å²) in [5.41, 5.74) is 3.26. The Morgan fingerprint density at radius 1 is 1.00 bits per heavy atom. The van der Waals surface area contributed by atoms with E-state index < -0.39 is 0 Å². The van der Waals surface area contributed by atoms with Crippen LogP contribution in [0.4, 0.5) is 0 Å². The fourth-order valence-electron chi connectivity index (χ4n) is 5.21. The number of nitrogens with zero attached hydrogens (tertiary/aromatic N) is 1. The van der Waals surface area contributed by atoms with Gasteiger partial charge in [0.2, 0.25) is 0 Å². The van der Waals surface area contributed by atoms with Gasteiger partial charge in [0.05, 0.1) is 0 Å². The summed E-state index contributed by atoms with van der Waals surface area (Å²) >= 11 is 0. The molecule has 2 aliphatic carbocycles. The van der Waals surface area contributed by atoms with Crippen LogP contribution in [-0.2, 0) is 12.8 Å². The average Bonchev–Trinajstić information content (AvgIpc) is 2.82. The molecule has 1 aromatic carbocycles. The first-order valence-electron chi connectivity index (χ1n) is 8.82. The quantitative estimate of drug-likeness (QED) is 0.898. The molecule has 1 N–H and O–H groups in total. The van der Waals surface area contributed by atoms with E-state index in [9.17, 15) is 0 Å². The van der Waals surface area contributed by atoms with Gasteiger partial charge in [-0.15, -0.1) is 0 Å². The second-order valence-corrected chi connectivity index (χ2v) is 7.43. The Morgan fingerprint density at radius 2 is 1.67 bits per heavy atom. The molecule has 1 aliphatic heterocycles. The number of hydrogen-bond acceptors (Lipinski definition) is 2. The van der Waals surface area contributed by atoms with E-state index in [4.69, 9.17) is 0 Å². The van der Waals surface area contributed by atoms with Gasteiger partial charge < -0.3 is 5.32 Å². The zero-order chi connectivity index (χ0) is 14.2. The van der Waals surface area contributed by atoms with Crippen molar-refractivity contribution in [3.05, 3.63) is 35.4 Å². The minimum atomic E-state index is 0.757. The highest BCUT2D eigenvalue weighted by Gasteiger charge is 2.42. The van der Waals surface area contributed by atoms with E-state index >= 15 is 0 Å². The van der Waals surface area contributed by atoms with Crippen LogP contribution in [0.3, 0.4) is 0 Å². The summed E-state index contributed by atoms with van der Waals surface area (Å²) in [5.74, 6) is 1.76. The standard InChI is InChI=1S/C19H28N2/c1-21(18-7-4-10-20-13-18)19-16-8-9-17(19)12-15-6-3-2-5-14(15)11-16/h2-3,5-6,16-20H,4,7-13H2,1H3. The second-order valence-electron chi connectivity index (χ2n) is 7.43. The number of rotatable bonds is 2. The number of likely N-dealkylation sites (N-methyl/N-ethyl adjacent to an activating group) is 1. The fraction of sp³-hybridized carbons (Fsp3) is 0.684. The Balaban J connectivity index is 1.57. The predicted molar refractivity (Wildman–Crippen MR) is 87.5 cm³/mol. The zero-order valence-corrected chi connectivity index (χ0v) is 13.2. The highest BCUT2D eigenvalue weighted by atomic mass is 15.2. The number of nitrogens with one attached hydrogen (secondary N) is 1. The van der Waals surface area contributed by atoms with Crippen molar-refractivity contribution in [3.63, 3.8) is 0 Å². The minimum absolute atomic E-state index is 0.757. The van der Waals surface area contributed by atoms with Gasteiger partial charge in [0.1, 0.15) is 0 Å². The molecule has 3 atom stereocenters. The summed E-state index contributed by atoms with van der Waals surface area (Å²) in [6, 6.07) is 10.8. The van der Waals surface area contributed by atoms with Gasteiger partial charge in [-0.1, -0.05) is 24.3 Å². The Bertz CT molecular complexity index is 459. The summed E-state index contributed by atoms with van der Waals surface area (Å²) in [6.07, 6.45) is 8.22. The monoisotopic (exact) mass is 284 g/mol. The van der Waals surface area contributed by atoms with Crippen LogP contribution in [0.25, 0.3) is 0 Å². The number of hydrogen-bond donors (Lipinski definition) is 1. The van der Waals surface area contributed by atoms with E-state index in [1.165, 1.54) is 51.6 Å². The maximum atomic E-state index is 3.60. The molecule has 0 spiro atoms. The van der Waals surface area contributed by atoms with Gasteiger partial charge in [-0.2, -0.15) is 0 Å². The van der Waals surface area contributed by atoms with Gasteiger partial charge in [0.15, 0.2) is 0 Å². The lowest BCUT2D eigenvalue weighted by molar-refractivity contribution is 0.0946. The van der Waals surface area contributed by atoms with Crippen LogP contribution in [-0.4, -0.2) is 37.1 Å². The van der Waals surface area contributed by atoms with Gasteiger partial charge in [-0.05, 0) is 75.1 Å². The van der Waals surface area contributed by atoms with E-state index in [1.807, 2.05) is 0 Å². The Labute approximate surface area is 128 Å². The summed E-state index contributed by atoms with van der Waals surface area (Å²) in [5, 5.41) is 3.60. The van der Waals surface area contributed by atoms with Crippen molar-refractivity contribution in [2.45, 2.75) is 50.6 Å². The third-order valence-corrected chi connectivity index (χ3v) is 6.27. The first kappa shape index (κ1) is 13.8. The molecule has 1 aromatic rings. The molecule has 1 saturated carbocycles. The fourth-order valence-corrected chi connectivity index (χ4v) is 5.21. The molecule has 3 unspecified atom stereocenters. The molecular weight excluding hydrogens is 256 g/mol. The van der Waals surface area contributed by atoms with E-state index in [2.05, 4.69) is 41.5 Å². The molecule has 0 amide bonds. The average molecular weight is 284 g/mol. The highest BCUT2D eigenvalue weighted by molar-refractivity contribution is 5.31. The van der Waals surface area contributed by atoms with Crippen molar-refractivity contribution in [3.8, 4) is 0 Å². The smallest absolute Gasteiger partial charge is 0.0221 e. The predicted octanol–water partition coefficient (Wildman–Crippen LogP) is 2.86. The molecule has 114 valence electrons. The first-order chi connectivity index (χ1) is 10.3. The Morgan fingerprint density at radius 3 is 2.24 bits per heavy atom. The molecule has 1 saturated heterocycles. The molecule has 3 aliphatic rings. The molecule has 21 heavy (non-hydrogen) atoms. The van der Waals surface area contributed by atoms with Crippen molar-refractivity contribution >= 4 is 0 Å². The van der Waals surface area contributed by atoms with Gasteiger partial charge >= 0.3 is 0 Å². The molecule has 1 heterocycles. The molecule has 2 bridgehead atoms. The van der Waals surface area contributed by atoms with E-state index in [0.29, 0.717) is 0 Å². The van der Waals surface area contributed by atoms with Crippen LogP contribution in [0.5, 0.6) is 0 Å². The molecular formula is C19H28N2. The van der Waals surface area contributed by atoms with Gasteiger partial charge in [0, 0.05) is 18.6 Å². The third-order valence-electron chi connectivity index (χ3n) is 6.27. The van der Waals surface area contributed by atoms with Crippen LogP contribution >= 0.6 is 0 Å². The van der Waals surface area contributed by atoms with E-state index in [0.717, 1.165) is 23.9 Å². The topological polar surface area (TPSA) is 15.3 Å². The van der Waals surface area contributed by atoms with Gasteiger partial charge in [-0.25, -0.2) is 0 Å². The molecule has 2 nitrogen and oxygen atoms in total. The molecule has 2 heteroatoms. The molecule has 2 fully saturated rings. The summed E-state index contributed by atoms with van der Waals surface area (Å²) in [7, 11) is 2.41. The minimum Gasteiger partial charge on any atom is -0.315 e. The summed E-state index contributed by atoms with van der Waals surface area (Å²) in [6.45, 7) is 2.41. The van der Waals surface area contributed by atoms with Gasteiger partial charge in [-0.3, -0.25) is 4.90 Å². The number of piperidine rings is 1. The highest BCUT2D eigenvalue weighted by Crippen LogP contribution is 2.43. The van der Waals surface area contributed by atoms with Crippen molar-refractivity contribution in [1.82, 2.24) is 10.2 Å². The first-order valence-corrected chi connectivity index (χ1v) is 8.82. The SMILES string of the molecule is CN(C1CCCNC1)C1C2CCC1Cc1ccccc1C2. The van der Waals surface area contributed by atoms with Crippen LogP contribution in [0, 0.1) is 11.8 Å². The zero-order valence-electron chi connectivity index (χ0n) is 13.2. The van der Waals surface area contributed by atoms with Crippen molar-refractivity contribution < 1.29 is 0 Å². The Hall–Kier alpha value is -0.860. The largest absolute Gasteiger partial charge is 0.315 e. The lowest BCUT2D eigenvalue weighted by Crippen LogP contribution is -2.51. The lowest BCUT2D eigenvalue weighted by Gasteiger charge is -2.40. The van der Waals surface area contributed by atoms with Crippen molar-refractivity contribution in [2.75, 3.05) is 20.1 Å².